The van der Waals surface area contributed by atoms with Crippen molar-refractivity contribution in [2.45, 2.75) is 38.5 Å². The molecule has 1 aromatic heterocycles. The van der Waals surface area contributed by atoms with Crippen molar-refractivity contribution in [3.05, 3.63) is 69.7 Å². The Morgan fingerprint density at radius 3 is 2.77 bits per heavy atom. The molecule has 4 rings (SSSR count). The summed E-state index contributed by atoms with van der Waals surface area (Å²) in [4.78, 5) is 26.7. The second-order valence-corrected chi connectivity index (χ2v) is 9.26. The van der Waals surface area contributed by atoms with E-state index in [4.69, 9.17) is 11.6 Å². The fraction of sp³-hybridized carbons (Fsp3) is 0.304. The van der Waals surface area contributed by atoms with Gasteiger partial charge in [0.25, 0.3) is 0 Å². The molecular weight excluding hydrogens is 432 g/mol. The molecule has 1 N–H and O–H groups in total. The third-order valence-electron chi connectivity index (χ3n) is 5.49. The zero-order valence-corrected chi connectivity index (χ0v) is 18.9. The molecule has 3 aromatic rings. The van der Waals surface area contributed by atoms with Crippen molar-refractivity contribution in [2.24, 2.45) is 0 Å². The van der Waals surface area contributed by atoms with E-state index < -0.39 is 0 Å². The van der Waals surface area contributed by atoms with Crippen LogP contribution in [0.4, 0.5) is 10.8 Å². The first-order valence-electron chi connectivity index (χ1n) is 10.2. The van der Waals surface area contributed by atoms with Gasteiger partial charge in [-0.25, -0.2) is 0 Å². The van der Waals surface area contributed by atoms with Gasteiger partial charge in [-0.1, -0.05) is 66.3 Å². The van der Waals surface area contributed by atoms with Crippen LogP contribution in [0.5, 0.6) is 0 Å². The summed E-state index contributed by atoms with van der Waals surface area (Å²) in [5.41, 5.74) is 2.88. The Labute approximate surface area is 190 Å². The molecule has 0 bridgehead atoms. The van der Waals surface area contributed by atoms with Gasteiger partial charge in [-0.15, -0.1) is 10.2 Å². The van der Waals surface area contributed by atoms with Crippen LogP contribution in [0.15, 0.2) is 48.5 Å². The summed E-state index contributed by atoms with van der Waals surface area (Å²) < 4.78 is 0. The molecule has 0 spiro atoms. The Bertz CT molecular complexity index is 1100. The Morgan fingerprint density at radius 1 is 1.26 bits per heavy atom. The van der Waals surface area contributed by atoms with Crippen LogP contribution in [0.2, 0.25) is 5.02 Å². The zero-order chi connectivity index (χ0) is 22.0. The standard InChI is InChI=1S/C23H23ClN4O2S/c1-14-8-9-18(12-19(14)24)28-13-17(11-21(28)30)22-26-27-23(31-22)25-20(29)10-15(2)16-6-4-3-5-7-16/h3-9,12,15,17H,10-11,13H2,1-2H3,(H,25,27,29). The quantitative estimate of drug-likeness (QED) is 0.558. The zero-order valence-electron chi connectivity index (χ0n) is 17.3. The number of amides is 2. The number of hydrogen-bond donors (Lipinski definition) is 1. The predicted octanol–water partition coefficient (Wildman–Crippen LogP) is 5.15. The molecule has 0 radical (unpaired) electrons. The molecule has 6 nitrogen and oxygen atoms in total. The van der Waals surface area contributed by atoms with Crippen molar-refractivity contribution in [3.8, 4) is 0 Å². The summed E-state index contributed by atoms with van der Waals surface area (Å²) in [6, 6.07) is 15.6. The van der Waals surface area contributed by atoms with E-state index in [-0.39, 0.29) is 23.7 Å². The molecular formula is C23H23ClN4O2S. The first kappa shape index (κ1) is 21.5. The summed E-state index contributed by atoms with van der Waals surface area (Å²) in [7, 11) is 0. The first-order valence-corrected chi connectivity index (χ1v) is 11.3. The molecule has 2 unspecified atom stereocenters. The van der Waals surface area contributed by atoms with Gasteiger partial charge in [-0.05, 0) is 36.1 Å². The molecule has 2 heterocycles. The average Bonchev–Trinajstić information content (AvgIpc) is 3.37. The van der Waals surface area contributed by atoms with Gasteiger partial charge in [0.15, 0.2) is 0 Å². The van der Waals surface area contributed by atoms with Crippen molar-refractivity contribution >= 4 is 45.6 Å². The number of carbonyl (C=O) groups is 2. The van der Waals surface area contributed by atoms with Crippen molar-refractivity contribution in [2.75, 3.05) is 16.8 Å². The summed E-state index contributed by atoms with van der Waals surface area (Å²) in [6.07, 6.45) is 0.724. The lowest BCUT2D eigenvalue weighted by Gasteiger charge is -2.17. The highest BCUT2D eigenvalue weighted by Gasteiger charge is 2.34. The molecule has 0 aliphatic carbocycles. The van der Waals surface area contributed by atoms with Gasteiger partial charge in [-0.3, -0.25) is 9.59 Å². The Kier molecular flexibility index (Phi) is 6.34. The minimum Gasteiger partial charge on any atom is -0.312 e. The van der Waals surface area contributed by atoms with E-state index in [2.05, 4.69) is 15.5 Å². The van der Waals surface area contributed by atoms with Crippen LogP contribution in [0, 0.1) is 6.92 Å². The van der Waals surface area contributed by atoms with E-state index in [9.17, 15) is 9.59 Å². The second-order valence-electron chi connectivity index (χ2n) is 7.85. The molecule has 160 valence electrons. The van der Waals surface area contributed by atoms with Gasteiger partial charge < -0.3 is 10.2 Å². The molecule has 31 heavy (non-hydrogen) atoms. The van der Waals surface area contributed by atoms with Crippen LogP contribution in [0.1, 0.15) is 47.7 Å². The highest BCUT2D eigenvalue weighted by atomic mass is 35.5. The third kappa shape index (κ3) is 4.94. The van der Waals surface area contributed by atoms with Crippen molar-refractivity contribution in [3.63, 3.8) is 0 Å². The molecule has 1 aliphatic rings. The molecule has 2 aromatic carbocycles. The number of rotatable bonds is 6. The first-order chi connectivity index (χ1) is 14.9. The largest absolute Gasteiger partial charge is 0.312 e. The Balaban J connectivity index is 1.38. The van der Waals surface area contributed by atoms with Crippen LogP contribution in [-0.2, 0) is 9.59 Å². The summed E-state index contributed by atoms with van der Waals surface area (Å²) in [6.45, 7) is 4.47. The smallest absolute Gasteiger partial charge is 0.227 e. The predicted molar refractivity (Wildman–Crippen MR) is 124 cm³/mol. The number of anilines is 2. The van der Waals surface area contributed by atoms with Crippen LogP contribution in [0.25, 0.3) is 0 Å². The number of hydrogen-bond acceptors (Lipinski definition) is 5. The third-order valence-corrected chi connectivity index (χ3v) is 6.90. The Morgan fingerprint density at radius 2 is 2.03 bits per heavy atom. The van der Waals surface area contributed by atoms with Crippen molar-refractivity contribution in [1.29, 1.82) is 0 Å². The van der Waals surface area contributed by atoms with Gasteiger partial charge >= 0.3 is 0 Å². The summed E-state index contributed by atoms with van der Waals surface area (Å²) in [5.74, 6) is -0.0187. The average molecular weight is 455 g/mol. The molecule has 8 heteroatoms. The van der Waals surface area contributed by atoms with Crippen molar-refractivity contribution in [1.82, 2.24) is 10.2 Å². The van der Waals surface area contributed by atoms with E-state index in [1.807, 2.05) is 62.4 Å². The topological polar surface area (TPSA) is 75.2 Å². The highest BCUT2D eigenvalue weighted by Crippen LogP contribution is 2.35. The number of nitrogens with zero attached hydrogens (tertiary/aromatic N) is 3. The summed E-state index contributed by atoms with van der Waals surface area (Å²) in [5, 5.41) is 13.0. The van der Waals surface area contributed by atoms with E-state index in [0.717, 1.165) is 21.8 Å². The number of benzene rings is 2. The van der Waals surface area contributed by atoms with Gasteiger partial charge in [0.1, 0.15) is 5.01 Å². The lowest BCUT2D eigenvalue weighted by molar-refractivity contribution is -0.117. The molecule has 0 saturated carbocycles. The van der Waals surface area contributed by atoms with E-state index in [1.165, 1.54) is 11.3 Å². The Hall–Kier alpha value is -2.77. The fourth-order valence-electron chi connectivity index (χ4n) is 3.67. The maximum absolute atomic E-state index is 12.6. The van der Waals surface area contributed by atoms with E-state index in [0.29, 0.717) is 29.5 Å². The van der Waals surface area contributed by atoms with Gasteiger partial charge in [0.05, 0.1) is 0 Å². The van der Waals surface area contributed by atoms with Crippen molar-refractivity contribution < 1.29 is 9.59 Å². The minimum atomic E-state index is -0.0996. The summed E-state index contributed by atoms with van der Waals surface area (Å²) >= 11 is 7.55. The van der Waals surface area contributed by atoms with Crippen LogP contribution in [-0.4, -0.2) is 28.6 Å². The number of nitrogens with one attached hydrogen (secondary N) is 1. The van der Waals surface area contributed by atoms with E-state index >= 15 is 0 Å². The fourth-order valence-corrected chi connectivity index (χ4v) is 4.70. The molecule has 2 atom stereocenters. The SMILES string of the molecule is Cc1ccc(N2CC(c3nnc(NC(=O)CC(C)c4ccccc4)s3)CC2=O)cc1Cl. The molecule has 2 amide bonds. The van der Waals surface area contributed by atoms with Gasteiger partial charge in [-0.2, -0.15) is 0 Å². The van der Waals surface area contributed by atoms with Gasteiger partial charge in [0.2, 0.25) is 16.9 Å². The lowest BCUT2D eigenvalue weighted by Crippen LogP contribution is -2.24. The lowest BCUT2D eigenvalue weighted by atomic mass is 9.98. The monoisotopic (exact) mass is 454 g/mol. The second kappa shape index (κ2) is 9.16. The van der Waals surface area contributed by atoms with Gasteiger partial charge in [0, 0.05) is 36.0 Å². The normalized spacial score (nSPS) is 17.1. The molecule has 1 aliphatic heterocycles. The van der Waals surface area contributed by atoms with Crippen LogP contribution >= 0.6 is 22.9 Å². The van der Waals surface area contributed by atoms with Crippen LogP contribution in [0.3, 0.4) is 0 Å². The minimum absolute atomic E-state index is 0.0300. The number of aromatic nitrogens is 2. The highest BCUT2D eigenvalue weighted by molar-refractivity contribution is 7.15. The van der Waals surface area contributed by atoms with E-state index in [1.54, 1.807) is 4.90 Å². The number of halogens is 1. The molecule has 1 saturated heterocycles. The number of aryl methyl sites for hydroxylation is 1. The number of carbonyl (C=O) groups excluding carboxylic acids is 2. The maximum Gasteiger partial charge on any atom is 0.227 e. The molecule has 1 fully saturated rings. The van der Waals surface area contributed by atoms with Crippen LogP contribution < -0.4 is 10.2 Å². The maximum atomic E-state index is 12.6.